The van der Waals surface area contributed by atoms with Gasteiger partial charge in [0.1, 0.15) is 5.75 Å². The highest BCUT2D eigenvalue weighted by atomic mass is 32.1. The van der Waals surface area contributed by atoms with Crippen LogP contribution in [0.2, 0.25) is 0 Å². The summed E-state index contributed by atoms with van der Waals surface area (Å²) in [6.45, 7) is -1.00. The second kappa shape index (κ2) is 8.76. The molecule has 7 heteroatoms. The second-order valence-electron chi connectivity index (χ2n) is 5.52. The summed E-state index contributed by atoms with van der Waals surface area (Å²) in [6.07, 6.45) is 6.03. The molecule has 1 aromatic rings. The lowest BCUT2D eigenvalue weighted by Gasteiger charge is -2.23. The van der Waals surface area contributed by atoms with Gasteiger partial charge in [0, 0.05) is 6.04 Å². The van der Waals surface area contributed by atoms with Gasteiger partial charge in [0.15, 0.2) is 5.11 Å². The lowest BCUT2D eigenvalue weighted by molar-refractivity contribution is -0.0498. The topological polar surface area (TPSA) is 45.7 Å². The van der Waals surface area contributed by atoms with Crippen LogP contribution in [-0.2, 0) is 0 Å². The van der Waals surface area contributed by atoms with Crippen molar-refractivity contribution < 1.29 is 13.5 Å². The van der Waals surface area contributed by atoms with Crippen molar-refractivity contribution in [2.45, 2.75) is 51.7 Å². The molecule has 1 aliphatic carbocycles. The fourth-order valence-corrected chi connectivity index (χ4v) is 2.75. The van der Waals surface area contributed by atoms with Crippen molar-refractivity contribution in [2.75, 3.05) is 0 Å². The first-order chi connectivity index (χ1) is 11.0. The quantitative estimate of drug-likeness (QED) is 0.486. The van der Waals surface area contributed by atoms with Gasteiger partial charge in [-0.1, -0.05) is 19.3 Å². The highest BCUT2D eigenvalue weighted by Gasteiger charge is 2.13. The molecule has 0 aliphatic heterocycles. The lowest BCUT2D eigenvalue weighted by atomic mass is 9.96. The first-order valence-corrected chi connectivity index (χ1v) is 8.11. The highest BCUT2D eigenvalue weighted by Crippen LogP contribution is 2.17. The minimum absolute atomic E-state index is 0.124. The Morgan fingerprint density at radius 2 is 1.87 bits per heavy atom. The third-order valence-electron chi connectivity index (χ3n) is 3.76. The van der Waals surface area contributed by atoms with E-state index in [2.05, 4.69) is 20.6 Å². The number of rotatable bonds is 5. The number of ether oxygens (including phenoxy) is 1. The molecule has 1 aromatic carbocycles. The van der Waals surface area contributed by atoms with E-state index in [9.17, 15) is 8.78 Å². The lowest BCUT2D eigenvalue weighted by Crippen LogP contribution is -2.41. The molecule has 0 bridgehead atoms. The third kappa shape index (κ3) is 6.09. The van der Waals surface area contributed by atoms with Gasteiger partial charge < -0.3 is 10.1 Å². The molecular formula is C16H21F2N3OS. The minimum atomic E-state index is -2.82. The van der Waals surface area contributed by atoms with E-state index in [1.54, 1.807) is 12.1 Å². The number of hydrogen-bond acceptors (Lipinski definition) is 3. The van der Waals surface area contributed by atoms with Crippen LogP contribution in [0, 0.1) is 0 Å². The summed E-state index contributed by atoms with van der Waals surface area (Å²) in [6, 6.07) is 6.74. The summed E-state index contributed by atoms with van der Waals surface area (Å²) in [5, 5.41) is 8.00. The van der Waals surface area contributed by atoms with E-state index in [1.165, 1.54) is 31.4 Å². The van der Waals surface area contributed by atoms with Gasteiger partial charge in [0.25, 0.3) is 0 Å². The molecular weight excluding hydrogens is 320 g/mol. The normalized spacial score (nSPS) is 16.3. The maximum absolute atomic E-state index is 12.1. The number of hydrazone groups is 1. The fraction of sp³-hybridized carbons (Fsp3) is 0.500. The van der Waals surface area contributed by atoms with Crippen molar-refractivity contribution in [1.29, 1.82) is 0 Å². The molecule has 0 heterocycles. The SMILES string of the molecule is C/C(=N/NC(=S)NC1CCCCC1)c1ccc(OC(F)F)cc1. The molecule has 0 radical (unpaired) electrons. The molecule has 4 nitrogen and oxygen atoms in total. The van der Waals surface area contributed by atoms with Crippen LogP contribution in [0.4, 0.5) is 8.78 Å². The Morgan fingerprint density at radius 3 is 2.48 bits per heavy atom. The van der Waals surface area contributed by atoms with Crippen LogP contribution in [0.1, 0.15) is 44.6 Å². The molecule has 2 rings (SSSR count). The maximum atomic E-state index is 12.1. The van der Waals surface area contributed by atoms with Crippen LogP contribution in [0.25, 0.3) is 0 Å². The van der Waals surface area contributed by atoms with Crippen LogP contribution in [0.15, 0.2) is 29.4 Å². The minimum Gasteiger partial charge on any atom is -0.435 e. The number of nitrogens with one attached hydrogen (secondary N) is 2. The molecule has 23 heavy (non-hydrogen) atoms. The van der Waals surface area contributed by atoms with E-state index in [1.807, 2.05) is 6.92 Å². The Morgan fingerprint density at radius 1 is 1.22 bits per heavy atom. The van der Waals surface area contributed by atoms with Gasteiger partial charge in [-0.2, -0.15) is 13.9 Å². The number of thiocarbonyl (C=S) groups is 1. The van der Waals surface area contributed by atoms with Crippen LogP contribution in [-0.4, -0.2) is 23.5 Å². The molecule has 0 aromatic heterocycles. The van der Waals surface area contributed by atoms with E-state index in [4.69, 9.17) is 12.2 Å². The Labute approximate surface area is 140 Å². The number of nitrogens with zero attached hydrogens (tertiary/aromatic N) is 1. The Bertz CT molecular complexity index is 543. The standard InChI is InChI=1S/C16H21F2N3OS/c1-11(12-7-9-14(10-8-12)22-15(17)18)20-21-16(23)19-13-5-3-2-4-6-13/h7-10,13,15H,2-6H2,1H3,(H2,19,21,23)/b20-11-. The number of alkyl halides is 2. The fourth-order valence-electron chi connectivity index (χ4n) is 2.54. The van der Waals surface area contributed by atoms with Crippen molar-refractivity contribution >= 4 is 23.0 Å². The maximum Gasteiger partial charge on any atom is 0.387 e. The van der Waals surface area contributed by atoms with Gasteiger partial charge in [-0.05, 0) is 61.8 Å². The van der Waals surface area contributed by atoms with Crippen LogP contribution in [0.3, 0.4) is 0 Å². The zero-order chi connectivity index (χ0) is 16.7. The molecule has 2 N–H and O–H groups in total. The van der Waals surface area contributed by atoms with Gasteiger partial charge in [0.2, 0.25) is 0 Å². The van der Waals surface area contributed by atoms with Crippen molar-refractivity contribution in [3.8, 4) is 5.75 Å². The summed E-state index contributed by atoms with van der Waals surface area (Å²) in [5.74, 6) is 0.124. The summed E-state index contributed by atoms with van der Waals surface area (Å²) in [7, 11) is 0. The van der Waals surface area contributed by atoms with E-state index in [-0.39, 0.29) is 5.75 Å². The molecule has 1 fully saturated rings. The van der Waals surface area contributed by atoms with Gasteiger partial charge in [-0.25, -0.2) is 0 Å². The van der Waals surface area contributed by atoms with Gasteiger partial charge >= 0.3 is 6.61 Å². The first-order valence-electron chi connectivity index (χ1n) is 7.70. The smallest absolute Gasteiger partial charge is 0.387 e. The first kappa shape index (κ1) is 17.6. The number of halogens is 2. The largest absolute Gasteiger partial charge is 0.435 e. The molecule has 1 saturated carbocycles. The van der Waals surface area contributed by atoms with Crippen LogP contribution >= 0.6 is 12.2 Å². The third-order valence-corrected chi connectivity index (χ3v) is 3.97. The number of benzene rings is 1. The van der Waals surface area contributed by atoms with E-state index in [0.717, 1.165) is 18.4 Å². The molecule has 126 valence electrons. The Kier molecular flexibility index (Phi) is 6.70. The van der Waals surface area contributed by atoms with Crippen LogP contribution in [0.5, 0.6) is 5.75 Å². The predicted octanol–water partition coefficient (Wildman–Crippen LogP) is 3.81. The van der Waals surface area contributed by atoms with Crippen molar-refractivity contribution in [3.05, 3.63) is 29.8 Å². The zero-order valence-corrected chi connectivity index (χ0v) is 13.8. The molecule has 0 saturated heterocycles. The summed E-state index contributed by atoms with van der Waals surface area (Å²) >= 11 is 5.24. The van der Waals surface area contributed by atoms with E-state index in [0.29, 0.717) is 16.9 Å². The van der Waals surface area contributed by atoms with Gasteiger partial charge in [0.05, 0.1) is 5.71 Å². The summed E-state index contributed by atoms with van der Waals surface area (Å²) in [4.78, 5) is 0. The summed E-state index contributed by atoms with van der Waals surface area (Å²) in [5.41, 5.74) is 4.35. The Balaban J connectivity index is 1.84. The van der Waals surface area contributed by atoms with Crippen molar-refractivity contribution in [1.82, 2.24) is 10.7 Å². The van der Waals surface area contributed by atoms with E-state index < -0.39 is 6.61 Å². The monoisotopic (exact) mass is 341 g/mol. The van der Waals surface area contributed by atoms with Gasteiger partial charge in [-0.15, -0.1) is 0 Å². The summed E-state index contributed by atoms with van der Waals surface area (Å²) < 4.78 is 28.5. The van der Waals surface area contributed by atoms with E-state index >= 15 is 0 Å². The Hall–Kier alpha value is -1.76. The van der Waals surface area contributed by atoms with Crippen molar-refractivity contribution in [2.24, 2.45) is 5.10 Å². The van der Waals surface area contributed by atoms with Crippen LogP contribution < -0.4 is 15.5 Å². The predicted molar refractivity (Wildman–Crippen MR) is 91.0 cm³/mol. The molecule has 1 aliphatic rings. The molecule has 0 atom stereocenters. The molecule has 0 amide bonds. The average molecular weight is 341 g/mol. The second-order valence-corrected chi connectivity index (χ2v) is 5.93. The van der Waals surface area contributed by atoms with Gasteiger partial charge in [-0.3, -0.25) is 5.43 Å². The highest BCUT2D eigenvalue weighted by molar-refractivity contribution is 7.80. The number of hydrogen-bond donors (Lipinski definition) is 2. The van der Waals surface area contributed by atoms with Crippen molar-refractivity contribution in [3.63, 3.8) is 0 Å². The average Bonchev–Trinajstić information content (AvgIpc) is 2.54. The zero-order valence-electron chi connectivity index (χ0n) is 13.0. The molecule has 0 unspecified atom stereocenters. The molecule has 0 spiro atoms.